The molecule has 14 heavy (non-hydrogen) atoms. The Kier molecular flexibility index (Phi) is 2.50. The van der Waals surface area contributed by atoms with E-state index in [1.54, 1.807) is 0 Å². The second-order valence-corrected chi connectivity index (χ2v) is 3.61. The fourth-order valence-corrected chi connectivity index (χ4v) is 1.64. The fourth-order valence-electron chi connectivity index (χ4n) is 1.64. The zero-order chi connectivity index (χ0) is 9.97. The number of aliphatic carboxylic acids is 1. The van der Waals surface area contributed by atoms with E-state index >= 15 is 0 Å². The molecule has 2 rings (SSSR count). The van der Waals surface area contributed by atoms with Gasteiger partial charge < -0.3 is 5.11 Å². The van der Waals surface area contributed by atoms with Gasteiger partial charge in [0.1, 0.15) is 6.04 Å². The molecule has 2 N–H and O–H groups in total. The smallest absolute Gasteiger partial charge is 0.322 e. The third-order valence-electron chi connectivity index (χ3n) is 2.54. The van der Waals surface area contributed by atoms with Gasteiger partial charge in [-0.1, -0.05) is 30.3 Å². The van der Waals surface area contributed by atoms with Gasteiger partial charge in [0.15, 0.2) is 0 Å². The number of aryl methyl sites for hydroxylation is 1. The Balaban J connectivity index is 1.77. The van der Waals surface area contributed by atoms with E-state index in [9.17, 15) is 4.79 Å². The van der Waals surface area contributed by atoms with Gasteiger partial charge in [-0.2, -0.15) is 0 Å². The normalized spacial score (nSPS) is 24.6. The molecule has 1 heterocycles. The summed E-state index contributed by atoms with van der Waals surface area (Å²) in [4.78, 5) is 10.5. The summed E-state index contributed by atoms with van der Waals surface area (Å²) in [5.41, 5.74) is 1.27. The van der Waals surface area contributed by atoms with Crippen molar-refractivity contribution in [3.63, 3.8) is 0 Å². The Morgan fingerprint density at radius 3 is 2.64 bits per heavy atom. The van der Waals surface area contributed by atoms with Gasteiger partial charge in [0.2, 0.25) is 0 Å². The van der Waals surface area contributed by atoms with E-state index < -0.39 is 5.97 Å². The number of hydrogen-bond acceptors (Lipinski definition) is 2. The minimum Gasteiger partial charge on any atom is -0.480 e. The van der Waals surface area contributed by atoms with E-state index in [-0.39, 0.29) is 12.1 Å². The molecule has 3 nitrogen and oxygen atoms in total. The third-order valence-corrected chi connectivity index (χ3v) is 2.54. The van der Waals surface area contributed by atoms with Gasteiger partial charge >= 0.3 is 5.97 Å². The average molecular weight is 191 g/mol. The van der Waals surface area contributed by atoms with E-state index in [0.29, 0.717) is 0 Å². The molecule has 1 aromatic carbocycles. The largest absolute Gasteiger partial charge is 0.480 e. The van der Waals surface area contributed by atoms with Crippen LogP contribution in [-0.2, 0) is 11.2 Å². The summed E-state index contributed by atoms with van der Waals surface area (Å²) in [5.74, 6) is -0.733. The van der Waals surface area contributed by atoms with Crippen molar-refractivity contribution in [1.29, 1.82) is 0 Å². The van der Waals surface area contributed by atoms with Crippen LogP contribution in [0.3, 0.4) is 0 Å². The first-order valence-electron chi connectivity index (χ1n) is 4.80. The van der Waals surface area contributed by atoms with Crippen LogP contribution < -0.4 is 5.32 Å². The van der Waals surface area contributed by atoms with Crippen LogP contribution in [-0.4, -0.2) is 23.2 Å². The van der Waals surface area contributed by atoms with Crippen molar-refractivity contribution in [2.45, 2.75) is 24.9 Å². The van der Waals surface area contributed by atoms with Crippen molar-refractivity contribution >= 4 is 5.97 Å². The first-order chi connectivity index (χ1) is 6.77. The predicted octanol–water partition coefficient (Wildman–Crippen LogP) is 1.04. The van der Waals surface area contributed by atoms with E-state index in [1.807, 2.05) is 18.2 Å². The summed E-state index contributed by atoms with van der Waals surface area (Å²) in [5, 5.41) is 11.6. The predicted molar refractivity (Wildman–Crippen MR) is 53.1 cm³/mol. The van der Waals surface area contributed by atoms with Crippen LogP contribution in [0.4, 0.5) is 0 Å². The lowest BCUT2D eigenvalue weighted by Gasteiger charge is -1.97. The summed E-state index contributed by atoms with van der Waals surface area (Å²) >= 11 is 0. The van der Waals surface area contributed by atoms with E-state index in [2.05, 4.69) is 17.4 Å². The number of nitrogens with one attached hydrogen (secondary N) is 1. The lowest BCUT2D eigenvalue weighted by Crippen LogP contribution is -2.09. The number of carbonyl (C=O) groups is 1. The lowest BCUT2D eigenvalue weighted by molar-refractivity contribution is -0.136. The topological polar surface area (TPSA) is 59.2 Å². The summed E-state index contributed by atoms with van der Waals surface area (Å²) in [7, 11) is 0. The molecule has 0 radical (unpaired) electrons. The summed E-state index contributed by atoms with van der Waals surface area (Å²) < 4.78 is 0. The Bertz CT molecular complexity index is 323. The molecule has 1 saturated heterocycles. The molecule has 0 aliphatic carbocycles. The Morgan fingerprint density at radius 2 is 2.07 bits per heavy atom. The molecule has 0 amide bonds. The first-order valence-corrected chi connectivity index (χ1v) is 4.80. The van der Waals surface area contributed by atoms with Crippen molar-refractivity contribution in [2.75, 3.05) is 0 Å². The van der Waals surface area contributed by atoms with Crippen molar-refractivity contribution in [3.05, 3.63) is 35.9 Å². The molecule has 1 fully saturated rings. The average Bonchev–Trinajstić information content (AvgIpc) is 2.96. The number of rotatable bonds is 4. The first kappa shape index (κ1) is 9.21. The second-order valence-electron chi connectivity index (χ2n) is 3.61. The maximum atomic E-state index is 10.5. The van der Waals surface area contributed by atoms with Crippen LogP contribution in [0.25, 0.3) is 0 Å². The SMILES string of the molecule is O=C(O)[C@@H]1N[C@H]1CCc1ccccc1. The fraction of sp³-hybridized carbons (Fsp3) is 0.364. The summed E-state index contributed by atoms with van der Waals surface area (Å²) in [6.07, 6.45) is 1.85. The monoisotopic (exact) mass is 191 g/mol. The van der Waals surface area contributed by atoms with E-state index in [1.165, 1.54) is 5.56 Å². The molecule has 74 valence electrons. The van der Waals surface area contributed by atoms with Gasteiger partial charge in [0.05, 0.1) is 0 Å². The molecular weight excluding hydrogens is 178 g/mol. The lowest BCUT2D eigenvalue weighted by atomic mass is 10.1. The quantitative estimate of drug-likeness (QED) is 0.699. The molecule has 1 aliphatic heterocycles. The number of hydrogen-bond donors (Lipinski definition) is 2. The molecule has 1 aliphatic rings. The Hall–Kier alpha value is -1.35. The highest BCUT2D eigenvalue weighted by Gasteiger charge is 2.41. The molecular formula is C11H13NO2. The number of benzene rings is 1. The van der Waals surface area contributed by atoms with Gasteiger partial charge in [0, 0.05) is 6.04 Å². The summed E-state index contributed by atoms with van der Waals surface area (Å²) in [6, 6.07) is 10.00. The number of carboxylic acids is 1. The minimum atomic E-state index is -0.733. The third kappa shape index (κ3) is 2.12. The van der Waals surface area contributed by atoms with Gasteiger partial charge in [-0.05, 0) is 18.4 Å². The van der Waals surface area contributed by atoms with Gasteiger partial charge in [-0.3, -0.25) is 10.1 Å². The maximum absolute atomic E-state index is 10.5. The molecule has 2 atom stereocenters. The van der Waals surface area contributed by atoms with Gasteiger partial charge in [-0.15, -0.1) is 0 Å². The van der Waals surface area contributed by atoms with Crippen LogP contribution in [0.2, 0.25) is 0 Å². The Labute approximate surface area is 82.8 Å². The molecule has 0 aromatic heterocycles. The molecule has 0 saturated carbocycles. The highest BCUT2D eigenvalue weighted by atomic mass is 16.4. The highest BCUT2D eigenvalue weighted by Crippen LogP contribution is 2.17. The molecule has 0 spiro atoms. The van der Waals surface area contributed by atoms with Crippen molar-refractivity contribution in [2.24, 2.45) is 0 Å². The standard InChI is InChI=1S/C11H13NO2/c13-11(14)10-9(12-10)7-6-8-4-2-1-3-5-8/h1-5,9-10,12H,6-7H2,(H,13,14)/t9-,10+/m0/s1. The van der Waals surface area contributed by atoms with Crippen LogP contribution in [0.15, 0.2) is 30.3 Å². The van der Waals surface area contributed by atoms with E-state index in [4.69, 9.17) is 5.11 Å². The molecule has 1 aromatic rings. The van der Waals surface area contributed by atoms with Crippen LogP contribution in [0.1, 0.15) is 12.0 Å². The van der Waals surface area contributed by atoms with Gasteiger partial charge in [0.25, 0.3) is 0 Å². The zero-order valence-electron chi connectivity index (χ0n) is 7.81. The maximum Gasteiger partial charge on any atom is 0.322 e. The zero-order valence-corrected chi connectivity index (χ0v) is 7.81. The van der Waals surface area contributed by atoms with Gasteiger partial charge in [-0.25, -0.2) is 0 Å². The highest BCUT2D eigenvalue weighted by molar-refractivity contribution is 5.78. The molecule has 3 heteroatoms. The van der Waals surface area contributed by atoms with Crippen molar-refractivity contribution in [1.82, 2.24) is 5.32 Å². The minimum absolute atomic E-state index is 0.174. The summed E-state index contributed by atoms with van der Waals surface area (Å²) in [6.45, 7) is 0. The molecule has 0 unspecified atom stereocenters. The van der Waals surface area contributed by atoms with Crippen molar-refractivity contribution in [3.8, 4) is 0 Å². The van der Waals surface area contributed by atoms with Crippen molar-refractivity contribution < 1.29 is 9.90 Å². The van der Waals surface area contributed by atoms with Crippen LogP contribution >= 0.6 is 0 Å². The van der Waals surface area contributed by atoms with Crippen LogP contribution in [0.5, 0.6) is 0 Å². The van der Waals surface area contributed by atoms with E-state index in [0.717, 1.165) is 12.8 Å². The molecule has 0 bridgehead atoms. The second kappa shape index (κ2) is 3.80. The van der Waals surface area contributed by atoms with Crippen LogP contribution in [0, 0.1) is 0 Å². The Morgan fingerprint density at radius 1 is 1.36 bits per heavy atom. The number of carboxylic acid groups (broad SMARTS) is 1.